The topological polar surface area (TPSA) is 55.0 Å². The van der Waals surface area contributed by atoms with Crippen molar-refractivity contribution in [1.82, 2.24) is 9.97 Å². The molecule has 2 fully saturated rings. The quantitative estimate of drug-likeness (QED) is 0.631. The number of hydrogen-bond acceptors (Lipinski definition) is 5. The first-order chi connectivity index (χ1) is 8.74. The van der Waals surface area contributed by atoms with E-state index in [0.29, 0.717) is 5.82 Å². The van der Waals surface area contributed by atoms with Crippen LogP contribution in [0.25, 0.3) is 0 Å². The highest BCUT2D eigenvalue weighted by Gasteiger charge is 2.30. The zero-order chi connectivity index (χ0) is 12.5. The minimum atomic E-state index is 0.584. The van der Waals surface area contributed by atoms with Crippen LogP contribution in [0.15, 0.2) is 11.2 Å². The molecule has 0 unspecified atom stereocenters. The standard InChI is InChI=1S/C13H20N4S/c1-18-13-15-11(14)6-12(16-13)17(7-9-2-3-9)8-10-4-5-10/h6,9-10H,2-5,7-8H2,1H3,(H2,14,15,16). The minimum absolute atomic E-state index is 0.584. The van der Waals surface area contributed by atoms with Gasteiger partial charge in [-0.05, 0) is 43.8 Å². The van der Waals surface area contributed by atoms with E-state index in [4.69, 9.17) is 5.73 Å². The van der Waals surface area contributed by atoms with Gasteiger partial charge in [0.05, 0.1) is 0 Å². The summed E-state index contributed by atoms with van der Waals surface area (Å²) in [5, 5.41) is 0.779. The van der Waals surface area contributed by atoms with Gasteiger partial charge in [-0.1, -0.05) is 11.8 Å². The Kier molecular flexibility index (Phi) is 3.33. The SMILES string of the molecule is CSc1nc(N)cc(N(CC2CC2)CC2CC2)n1. The van der Waals surface area contributed by atoms with Crippen LogP contribution in [-0.2, 0) is 0 Å². The van der Waals surface area contributed by atoms with Crippen LogP contribution in [0.2, 0.25) is 0 Å². The Morgan fingerprint density at radius 2 is 1.83 bits per heavy atom. The van der Waals surface area contributed by atoms with E-state index in [1.807, 2.05) is 12.3 Å². The van der Waals surface area contributed by atoms with Gasteiger partial charge < -0.3 is 10.6 Å². The summed E-state index contributed by atoms with van der Waals surface area (Å²) in [7, 11) is 0. The van der Waals surface area contributed by atoms with E-state index in [1.54, 1.807) is 11.8 Å². The van der Waals surface area contributed by atoms with Crippen LogP contribution < -0.4 is 10.6 Å². The van der Waals surface area contributed by atoms with Gasteiger partial charge in [0.15, 0.2) is 5.16 Å². The molecule has 0 saturated heterocycles. The molecule has 1 aromatic heterocycles. The number of nitrogen functional groups attached to an aromatic ring is 1. The first kappa shape index (κ1) is 12.1. The Hall–Kier alpha value is -0.970. The molecule has 3 rings (SSSR count). The van der Waals surface area contributed by atoms with Crippen LogP contribution in [-0.4, -0.2) is 29.3 Å². The van der Waals surface area contributed by atoms with E-state index in [9.17, 15) is 0 Å². The summed E-state index contributed by atoms with van der Waals surface area (Å²) in [4.78, 5) is 11.3. The summed E-state index contributed by atoms with van der Waals surface area (Å²) < 4.78 is 0. The van der Waals surface area contributed by atoms with Gasteiger partial charge in [0, 0.05) is 19.2 Å². The van der Waals surface area contributed by atoms with E-state index >= 15 is 0 Å². The highest BCUT2D eigenvalue weighted by molar-refractivity contribution is 7.98. The Labute approximate surface area is 112 Å². The van der Waals surface area contributed by atoms with Gasteiger partial charge in [-0.15, -0.1) is 0 Å². The normalized spacial score (nSPS) is 18.9. The van der Waals surface area contributed by atoms with Crippen molar-refractivity contribution < 1.29 is 0 Å². The molecular formula is C13H20N4S. The van der Waals surface area contributed by atoms with Crippen molar-refractivity contribution >= 4 is 23.4 Å². The number of nitrogens with two attached hydrogens (primary N) is 1. The zero-order valence-electron chi connectivity index (χ0n) is 10.8. The molecule has 0 bridgehead atoms. The van der Waals surface area contributed by atoms with E-state index in [1.165, 1.54) is 25.7 Å². The van der Waals surface area contributed by atoms with E-state index in [2.05, 4.69) is 14.9 Å². The van der Waals surface area contributed by atoms with Crippen LogP contribution >= 0.6 is 11.8 Å². The van der Waals surface area contributed by atoms with Crippen molar-refractivity contribution in [3.63, 3.8) is 0 Å². The van der Waals surface area contributed by atoms with Gasteiger partial charge in [-0.3, -0.25) is 0 Å². The summed E-state index contributed by atoms with van der Waals surface area (Å²) >= 11 is 1.55. The average molecular weight is 264 g/mol. The lowest BCUT2D eigenvalue weighted by Gasteiger charge is -2.24. The molecular weight excluding hydrogens is 244 g/mol. The monoisotopic (exact) mass is 264 g/mol. The highest BCUT2D eigenvalue weighted by atomic mass is 32.2. The molecule has 98 valence electrons. The van der Waals surface area contributed by atoms with Crippen molar-refractivity contribution in [2.45, 2.75) is 30.8 Å². The van der Waals surface area contributed by atoms with Crippen molar-refractivity contribution in [2.24, 2.45) is 11.8 Å². The largest absolute Gasteiger partial charge is 0.383 e. The first-order valence-electron chi connectivity index (χ1n) is 6.68. The second-order valence-electron chi connectivity index (χ2n) is 5.43. The van der Waals surface area contributed by atoms with Gasteiger partial charge in [0.25, 0.3) is 0 Å². The van der Waals surface area contributed by atoms with Crippen molar-refractivity contribution in [2.75, 3.05) is 30.0 Å². The van der Waals surface area contributed by atoms with Gasteiger partial charge in [0.2, 0.25) is 0 Å². The number of rotatable bonds is 6. The van der Waals surface area contributed by atoms with Crippen LogP contribution in [0.1, 0.15) is 25.7 Å². The molecule has 0 spiro atoms. The third-order valence-electron chi connectivity index (χ3n) is 3.57. The lowest BCUT2D eigenvalue weighted by molar-refractivity contribution is 0.666. The predicted molar refractivity (Wildman–Crippen MR) is 75.9 cm³/mol. The van der Waals surface area contributed by atoms with Crippen LogP contribution in [0, 0.1) is 11.8 Å². The van der Waals surface area contributed by atoms with Gasteiger partial charge >= 0.3 is 0 Å². The van der Waals surface area contributed by atoms with Gasteiger partial charge in [0.1, 0.15) is 11.6 Å². The number of aromatic nitrogens is 2. The van der Waals surface area contributed by atoms with Gasteiger partial charge in [-0.2, -0.15) is 0 Å². The third-order valence-corrected chi connectivity index (χ3v) is 4.12. The molecule has 2 aliphatic carbocycles. The number of anilines is 2. The summed E-state index contributed by atoms with van der Waals surface area (Å²) in [6.07, 6.45) is 7.48. The molecule has 0 aliphatic heterocycles. The molecule has 5 heteroatoms. The van der Waals surface area contributed by atoms with E-state index in [-0.39, 0.29) is 0 Å². The second kappa shape index (κ2) is 4.96. The van der Waals surface area contributed by atoms with E-state index < -0.39 is 0 Å². The Balaban J connectivity index is 1.79. The lowest BCUT2D eigenvalue weighted by atomic mass is 10.3. The van der Waals surface area contributed by atoms with Gasteiger partial charge in [-0.25, -0.2) is 9.97 Å². The molecule has 1 heterocycles. The number of thioether (sulfide) groups is 1. The third kappa shape index (κ3) is 3.07. The van der Waals surface area contributed by atoms with Crippen molar-refractivity contribution in [3.05, 3.63) is 6.07 Å². The first-order valence-corrected chi connectivity index (χ1v) is 7.90. The fraction of sp³-hybridized carbons (Fsp3) is 0.692. The predicted octanol–water partition coefficient (Wildman–Crippen LogP) is 2.41. The van der Waals surface area contributed by atoms with E-state index in [0.717, 1.165) is 35.9 Å². The summed E-state index contributed by atoms with van der Waals surface area (Å²) in [6.45, 7) is 2.28. The molecule has 2 aliphatic rings. The van der Waals surface area contributed by atoms with Crippen LogP contribution in [0.5, 0.6) is 0 Å². The fourth-order valence-corrected chi connectivity index (χ4v) is 2.55. The molecule has 1 aromatic rings. The molecule has 0 amide bonds. The maximum atomic E-state index is 5.87. The Bertz CT molecular complexity index is 415. The maximum Gasteiger partial charge on any atom is 0.191 e. The van der Waals surface area contributed by atoms with Crippen LogP contribution in [0.4, 0.5) is 11.6 Å². The molecule has 4 nitrogen and oxygen atoms in total. The van der Waals surface area contributed by atoms with Crippen molar-refractivity contribution in [3.8, 4) is 0 Å². The zero-order valence-corrected chi connectivity index (χ0v) is 11.6. The smallest absolute Gasteiger partial charge is 0.191 e. The Morgan fingerprint density at radius 1 is 1.22 bits per heavy atom. The number of nitrogens with zero attached hydrogens (tertiary/aromatic N) is 3. The molecule has 0 atom stereocenters. The summed E-state index contributed by atoms with van der Waals surface area (Å²) in [5.74, 6) is 3.35. The van der Waals surface area contributed by atoms with Crippen molar-refractivity contribution in [1.29, 1.82) is 0 Å². The van der Waals surface area contributed by atoms with Crippen LogP contribution in [0.3, 0.4) is 0 Å². The molecule has 2 N–H and O–H groups in total. The summed E-state index contributed by atoms with van der Waals surface area (Å²) in [6, 6.07) is 1.92. The number of hydrogen-bond donors (Lipinski definition) is 1. The molecule has 2 saturated carbocycles. The fourth-order valence-electron chi connectivity index (χ4n) is 2.17. The lowest BCUT2D eigenvalue weighted by Crippen LogP contribution is -2.29. The molecule has 0 aromatic carbocycles. The Morgan fingerprint density at radius 3 is 2.33 bits per heavy atom. The summed E-state index contributed by atoms with van der Waals surface area (Å²) in [5.41, 5.74) is 5.87. The molecule has 18 heavy (non-hydrogen) atoms. The molecule has 0 radical (unpaired) electrons. The minimum Gasteiger partial charge on any atom is -0.383 e. The highest BCUT2D eigenvalue weighted by Crippen LogP contribution is 2.35. The second-order valence-corrected chi connectivity index (χ2v) is 6.20. The average Bonchev–Trinajstić information content (AvgIpc) is 3.22. The maximum absolute atomic E-state index is 5.87.